The van der Waals surface area contributed by atoms with Crippen LogP contribution in [0.1, 0.15) is 26.8 Å². The largest absolute Gasteiger partial charge is 0.366 e. The second-order valence-electron chi connectivity index (χ2n) is 4.99. The topological polar surface area (TPSA) is 50.2 Å². The van der Waals surface area contributed by atoms with Crippen LogP contribution >= 0.6 is 15.9 Å². The summed E-state index contributed by atoms with van der Waals surface area (Å²) in [5.41, 5.74) is 0.832. The minimum atomic E-state index is -0.0614. The molecule has 0 spiro atoms. The molecule has 18 heavy (non-hydrogen) atoms. The molecule has 0 bridgehead atoms. The van der Waals surface area contributed by atoms with E-state index in [4.69, 9.17) is 0 Å². The maximum absolute atomic E-state index is 12.2. The Kier molecular flexibility index (Phi) is 4.07. The summed E-state index contributed by atoms with van der Waals surface area (Å²) in [6.07, 6.45) is 1.78. The second-order valence-corrected chi connectivity index (χ2v) is 5.78. The minimum absolute atomic E-state index is 0.0614. The van der Waals surface area contributed by atoms with E-state index in [-0.39, 0.29) is 11.6 Å². The van der Waals surface area contributed by atoms with Crippen LogP contribution in [0.25, 0.3) is 0 Å². The number of aromatic nitrogens is 2. The molecule has 5 nitrogen and oxygen atoms in total. The third-order valence-corrected chi connectivity index (χ3v) is 3.87. The zero-order chi connectivity index (χ0) is 13.3. The van der Waals surface area contributed by atoms with Crippen LogP contribution in [0.5, 0.6) is 0 Å². The van der Waals surface area contributed by atoms with Gasteiger partial charge in [0.2, 0.25) is 0 Å². The van der Waals surface area contributed by atoms with Gasteiger partial charge in [0.05, 0.1) is 17.9 Å². The Morgan fingerprint density at radius 2 is 2.28 bits per heavy atom. The standard InChI is InChI=1S/C12H19BrN4O/c1-8(2)17-12(18)11(13)10(6-15-17)16-5-4-14-9(3)7-16/h6,8-9,14H,4-5,7H2,1-3H3/t9-/m1/s1. The van der Waals surface area contributed by atoms with Crippen molar-refractivity contribution in [3.05, 3.63) is 21.0 Å². The molecule has 1 aliphatic rings. The lowest BCUT2D eigenvalue weighted by atomic mass is 10.2. The van der Waals surface area contributed by atoms with Crippen molar-refractivity contribution in [2.24, 2.45) is 0 Å². The van der Waals surface area contributed by atoms with Crippen LogP contribution in [-0.4, -0.2) is 35.5 Å². The van der Waals surface area contributed by atoms with Crippen LogP contribution in [0.3, 0.4) is 0 Å². The summed E-state index contributed by atoms with van der Waals surface area (Å²) >= 11 is 3.42. The molecule has 1 atom stereocenters. The lowest BCUT2D eigenvalue weighted by molar-refractivity contribution is 0.476. The van der Waals surface area contributed by atoms with Gasteiger partial charge in [-0.05, 0) is 36.7 Å². The van der Waals surface area contributed by atoms with Crippen molar-refractivity contribution >= 4 is 21.6 Å². The Hall–Kier alpha value is -0.880. The highest BCUT2D eigenvalue weighted by Gasteiger charge is 2.20. The van der Waals surface area contributed by atoms with Crippen LogP contribution in [0.15, 0.2) is 15.5 Å². The van der Waals surface area contributed by atoms with Crippen molar-refractivity contribution in [3.8, 4) is 0 Å². The van der Waals surface area contributed by atoms with Gasteiger partial charge in [-0.25, -0.2) is 4.68 Å². The van der Waals surface area contributed by atoms with E-state index in [1.807, 2.05) is 13.8 Å². The lowest BCUT2D eigenvalue weighted by Crippen LogP contribution is -2.49. The van der Waals surface area contributed by atoms with E-state index in [2.05, 4.69) is 38.2 Å². The summed E-state index contributed by atoms with van der Waals surface area (Å²) in [6, 6.07) is 0.503. The molecule has 0 unspecified atom stereocenters. The predicted octanol–water partition coefficient (Wildman–Crippen LogP) is 1.38. The van der Waals surface area contributed by atoms with E-state index in [0.717, 1.165) is 25.3 Å². The average Bonchev–Trinajstić information content (AvgIpc) is 2.32. The third-order valence-electron chi connectivity index (χ3n) is 3.12. The summed E-state index contributed by atoms with van der Waals surface area (Å²) in [4.78, 5) is 14.4. The molecule has 0 aliphatic carbocycles. The van der Waals surface area contributed by atoms with Gasteiger partial charge in [0, 0.05) is 25.7 Å². The van der Waals surface area contributed by atoms with Crippen LogP contribution in [0.2, 0.25) is 0 Å². The predicted molar refractivity (Wildman–Crippen MR) is 76.3 cm³/mol. The number of anilines is 1. The molecule has 1 aromatic rings. The molecule has 2 rings (SSSR count). The van der Waals surface area contributed by atoms with E-state index < -0.39 is 0 Å². The molecule has 1 fully saturated rings. The summed E-state index contributed by atoms with van der Waals surface area (Å²) in [6.45, 7) is 8.77. The minimum Gasteiger partial charge on any atom is -0.366 e. The average molecular weight is 315 g/mol. The zero-order valence-electron chi connectivity index (χ0n) is 11.0. The fourth-order valence-corrected chi connectivity index (χ4v) is 2.71. The zero-order valence-corrected chi connectivity index (χ0v) is 12.6. The fourth-order valence-electron chi connectivity index (χ4n) is 2.18. The lowest BCUT2D eigenvalue weighted by Gasteiger charge is -2.33. The maximum Gasteiger partial charge on any atom is 0.283 e. The van der Waals surface area contributed by atoms with E-state index in [1.165, 1.54) is 4.68 Å². The third kappa shape index (κ3) is 2.59. The molecule has 1 N–H and O–H groups in total. The van der Waals surface area contributed by atoms with Gasteiger partial charge in [0.15, 0.2) is 0 Å². The quantitative estimate of drug-likeness (QED) is 0.896. The molecule has 100 valence electrons. The van der Waals surface area contributed by atoms with Gasteiger partial charge in [0.25, 0.3) is 5.56 Å². The molecular formula is C12H19BrN4O. The normalized spacial score (nSPS) is 20.5. The summed E-state index contributed by atoms with van der Waals surface area (Å²) < 4.78 is 2.11. The van der Waals surface area contributed by atoms with Crippen molar-refractivity contribution < 1.29 is 0 Å². The first-order valence-electron chi connectivity index (χ1n) is 6.26. The highest BCUT2D eigenvalue weighted by molar-refractivity contribution is 9.10. The number of hydrogen-bond donors (Lipinski definition) is 1. The first-order chi connectivity index (χ1) is 8.50. The highest BCUT2D eigenvalue weighted by Crippen LogP contribution is 2.23. The van der Waals surface area contributed by atoms with E-state index in [1.54, 1.807) is 6.20 Å². The molecular weight excluding hydrogens is 296 g/mol. The van der Waals surface area contributed by atoms with Crippen LogP contribution in [0, 0.1) is 0 Å². The van der Waals surface area contributed by atoms with Gasteiger partial charge in [-0.1, -0.05) is 0 Å². The second kappa shape index (κ2) is 5.40. The summed E-state index contributed by atoms with van der Waals surface area (Å²) in [5, 5.41) is 7.64. The summed E-state index contributed by atoms with van der Waals surface area (Å²) in [7, 11) is 0. The van der Waals surface area contributed by atoms with Crippen molar-refractivity contribution in [1.82, 2.24) is 15.1 Å². The Balaban J connectivity index is 2.35. The Morgan fingerprint density at radius 3 is 2.89 bits per heavy atom. The number of nitrogens with zero attached hydrogens (tertiary/aromatic N) is 3. The SMILES string of the molecule is CC(C)n1ncc(N2CCN[C@H](C)C2)c(Br)c1=O. The number of halogens is 1. The molecule has 0 radical (unpaired) electrons. The molecule has 6 heteroatoms. The monoisotopic (exact) mass is 314 g/mol. The molecule has 0 amide bonds. The number of hydrogen-bond acceptors (Lipinski definition) is 4. The smallest absolute Gasteiger partial charge is 0.283 e. The Labute approximate surface area is 115 Å². The van der Waals surface area contributed by atoms with Crippen molar-refractivity contribution in [1.29, 1.82) is 0 Å². The Bertz CT molecular complexity index is 485. The first-order valence-corrected chi connectivity index (χ1v) is 7.05. The Morgan fingerprint density at radius 1 is 1.56 bits per heavy atom. The van der Waals surface area contributed by atoms with Gasteiger partial charge >= 0.3 is 0 Å². The van der Waals surface area contributed by atoms with Gasteiger partial charge in [-0.3, -0.25) is 4.79 Å². The first kappa shape index (κ1) is 13.5. The van der Waals surface area contributed by atoms with Gasteiger partial charge in [-0.15, -0.1) is 0 Å². The molecule has 1 aliphatic heterocycles. The van der Waals surface area contributed by atoms with Crippen molar-refractivity contribution in [3.63, 3.8) is 0 Å². The number of piperazine rings is 1. The molecule has 0 aromatic carbocycles. The van der Waals surface area contributed by atoms with Crippen molar-refractivity contribution in [2.75, 3.05) is 24.5 Å². The van der Waals surface area contributed by atoms with E-state index >= 15 is 0 Å². The molecule has 0 saturated carbocycles. The van der Waals surface area contributed by atoms with E-state index in [9.17, 15) is 4.79 Å². The molecule has 1 saturated heterocycles. The van der Waals surface area contributed by atoms with Gasteiger partial charge in [-0.2, -0.15) is 5.10 Å². The highest BCUT2D eigenvalue weighted by atomic mass is 79.9. The van der Waals surface area contributed by atoms with Gasteiger partial charge < -0.3 is 10.2 Å². The van der Waals surface area contributed by atoms with E-state index in [0.29, 0.717) is 10.5 Å². The molecule has 1 aromatic heterocycles. The van der Waals surface area contributed by atoms with Crippen LogP contribution < -0.4 is 15.8 Å². The van der Waals surface area contributed by atoms with Crippen LogP contribution in [0.4, 0.5) is 5.69 Å². The van der Waals surface area contributed by atoms with Crippen molar-refractivity contribution in [2.45, 2.75) is 32.9 Å². The molecule has 2 heterocycles. The maximum atomic E-state index is 12.2. The van der Waals surface area contributed by atoms with Gasteiger partial charge in [0.1, 0.15) is 4.47 Å². The number of nitrogens with one attached hydrogen (secondary N) is 1. The number of rotatable bonds is 2. The fraction of sp³-hybridized carbons (Fsp3) is 0.667. The van der Waals surface area contributed by atoms with Crippen LogP contribution in [-0.2, 0) is 0 Å². The summed E-state index contributed by atoms with van der Waals surface area (Å²) in [5.74, 6) is 0.